The summed E-state index contributed by atoms with van der Waals surface area (Å²) in [4.78, 5) is 10.9. The van der Waals surface area contributed by atoms with E-state index in [0.29, 0.717) is 11.3 Å². The van der Waals surface area contributed by atoms with E-state index in [4.69, 9.17) is 11.2 Å². The van der Waals surface area contributed by atoms with Gasteiger partial charge in [0.05, 0.1) is 11.8 Å². The highest BCUT2D eigenvalue weighted by atomic mass is 16.5. The van der Waals surface area contributed by atoms with Crippen LogP contribution in [0.15, 0.2) is 21.5 Å². The third kappa shape index (κ3) is 1.67. The average Bonchev–Trinajstić information content (AvgIpc) is 2.08. The Hall–Kier alpha value is -1.69. The van der Waals surface area contributed by atoms with Crippen molar-refractivity contribution in [3.63, 3.8) is 0 Å². The smallest absolute Gasteiger partial charge is 0.342 e. The molecule has 0 atom stereocenters. The van der Waals surface area contributed by atoms with Crippen LogP contribution in [-0.2, 0) is 0 Å². The van der Waals surface area contributed by atoms with E-state index in [1.54, 1.807) is 13.0 Å². The first-order chi connectivity index (χ1) is 5.75. The van der Waals surface area contributed by atoms with Crippen LogP contribution in [0.4, 0.5) is 0 Å². The van der Waals surface area contributed by atoms with E-state index >= 15 is 0 Å². The number of hydrogen-bond acceptors (Lipinski definition) is 3. The highest BCUT2D eigenvalue weighted by molar-refractivity contribution is 5.27. The number of ether oxygens (including phenoxy) is 1. The summed E-state index contributed by atoms with van der Waals surface area (Å²) in [6, 6.07) is 1.56. The van der Waals surface area contributed by atoms with Crippen molar-refractivity contribution in [3.8, 4) is 18.1 Å². The van der Waals surface area contributed by atoms with Gasteiger partial charge in [0.2, 0.25) is 0 Å². The minimum atomic E-state index is -0.399. The van der Waals surface area contributed by atoms with Crippen molar-refractivity contribution >= 4 is 0 Å². The Kier molecular flexibility index (Phi) is 2.54. The van der Waals surface area contributed by atoms with Crippen LogP contribution in [0.1, 0.15) is 5.56 Å². The maximum atomic E-state index is 10.9. The van der Waals surface area contributed by atoms with Gasteiger partial charge in [-0.25, -0.2) is 4.79 Å². The molecule has 1 aromatic rings. The molecule has 0 aromatic carbocycles. The van der Waals surface area contributed by atoms with Gasteiger partial charge in [-0.3, -0.25) is 0 Å². The van der Waals surface area contributed by atoms with E-state index in [1.165, 1.54) is 6.26 Å². The Morgan fingerprint density at radius 3 is 3.17 bits per heavy atom. The van der Waals surface area contributed by atoms with Gasteiger partial charge in [-0.2, -0.15) is 0 Å². The van der Waals surface area contributed by atoms with Gasteiger partial charge in [-0.15, -0.1) is 6.42 Å². The van der Waals surface area contributed by atoms with Crippen molar-refractivity contribution < 1.29 is 9.15 Å². The largest absolute Gasteiger partial charge is 0.480 e. The van der Waals surface area contributed by atoms with Gasteiger partial charge in [0, 0.05) is 6.07 Å². The van der Waals surface area contributed by atoms with E-state index in [9.17, 15) is 4.79 Å². The highest BCUT2D eigenvalue weighted by Gasteiger charge is 2.02. The summed E-state index contributed by atoms with van der Waals surface area (Å²) in [6.45, 7) is 1.78. The van der Waals surface area contributed by atoms with Crippen LogP contribution in [-0.4, -0.2) is 6.61 Å². The Bertz CT molecular complexity index is 357. The molecule has 0 amide bonds. The fourth-order valence-corrected chi connectivity index (χ4v) is 0.747. The monoisotopic (exact) mass is 164 g/mol. The molecule has 0 spiro atoms. The maximum Gasteiger partial charge on any atom is 0.342 e. The lowest BCUT2D eigenvalue weighted by Gasteiger charge is -2.02. The summed E-state index contributed by atoms with van der Waals surface area (Å²) in [7, 11) is 0. The quantitative estimate of drug-likeness (QED) is 0.611. The lowest BCUT2D eigenvalue weighted by atomic mass is 10.3. The molecule has 0 saturated carbocycles. The molecule has 0 aliphatic carbocycles. The van der Waals surface area contributed by atoms with Crippen LogP contribution in [0.5, 0.6) is 5.75 Å². The molecule has 0 bridgehead atoms. The second kappa shape index (κ2) is 3.63. The zero-order valence-corrected chi connectivity index (χ0v) is 6.66. The predicted molar refractivity (Wildman–Crippen MR) is 44.0 cm³/mol. The van der Waals surface area contributed by atoms with Gasteiger partial charge in [0.15, 0.2) is 0 Å². The SMILES string of the molecule is C#CCOc1ccoc(=O)c1C. The van der Waals surface area contributed by atoms with Gasteiger partial charge in [-0.1, -0.05) is 5.92 Å². The van der Waals surface area contributed by atoms with Crippen molar-refractivity contribution in [2.45, 2.75) is 6.92 Å². The molecular weight excluding hydrogens is 156 g/mol. The van der Waals surface area contributed by atoms with Gasteiger partial charge in [0.1, 0.15) is 12.4 Å². The molecule has 1 heterocycles. The topological polar surface area (TPSA) is 39.4 Å². The fourth-order valence-electron chi connectivity index (χ4n) is 0.747. The zero-order chi connectivity index (χ0) is 8.97. The molecule has 0 aliphatic heterocycles. The summed E-state index contributed by atoms with van der Waals surface area (Å²) < 4.78 is 9.66. The first-order valence-electron chi connectivity index (χ1n) is 3.40. The first-order valence-corrected chi connectivity index (χ1v) is 3.40. The van der Waals surface area contributed by atoms with E-state index in [1.807, 2.05) is 0 Å². The number of hydrogen-bond donors (Lipinski definition) is 0. The van der Waals surface area contributed by atoms with Crippen LogP contribution in [0.25, 0.3) is 0 Å². The third-order valence-corrected chi connectivity index (χ3v) is 1.38. The maximum absolute atomic E-state index is 10.9. The molecule has 3 heteroatoms. The van der Waals surface area contributed by atoms with Gasteiger partial charge in [-0.05, 0) is 6.92 Å². The number of terminal acetylenes is 1. The predicted octanol–water partition coefficient (Wildman–Crippen LogP) is 0.960. The molecule has 1 aromatic heterocycles. The summed E-state index contributed by atoms with van der Waals surface area (Å²) in [6.07, 6.45) is 6.27. The van der Waals surface area contributed by atoms with Crippen molar-refractivity contribution in [2.75, 3.05) is 6.61 Å². The normalized spacial score (nSPS) is 9.00. The van der Waals surface area contributed by atoms with Crippen LogP contribution >= 0.6 is 0 Å². The Labute approximate surface area is 70.0 Å². The third-order valence-electron chi connectivity index (χ3n) is 1.38. The first kappa shape index (κ1) is 8.41. The van der Waals surface area contributed by atoms with Crippen LogP contribution in [0, 0.1) is 19.3 Å². The van der Waals surface area contributed by atoms with E-state index < -0.39 is 5.63 Å². The van der Waals surface area contributed by atoms with Gasteiger partial charge < -0.3 is 9.15 Å². The standard InChI is InChI=1S/C9H8O3/c1-3-5-11-8-4-6-12-9(10)7(8)2/h1,4,6H,5H2,2H3. The van der Waals surface area contributed by atoms with Gasteiger partial charge >= 0.3 is 5.63 Å². The Morgan fingerprint density at radius 1 is 1.75 bits per heavy atom. The fraction of sp³-hybridized carbons (Fsp3) is 0.222. The van der Waals surface area contributed by atoms with Crippen molar-refractivity contribution in [2.24, 2.45) is 0 Å². The lowest BCUT2D eigenvalue weighted by molar-refractivity contribution is 0.358. The minimum Gasteiger partial charge on any atom is -0.480 e. The van der Waals surface area contributed by atoms with Crippen molar-refractivity contribution in [3.05, 3.63) is 28.3 Å². The summed E-state index contributed by atoms with van der Waals surface area (Å²) >= 11 is 0. The summed E-state index contributed by atoms with van der Waals surface area (Å²) in [5, 5.41) is 0. The number of rotatable bonds is 2. The molecule has 0 N–H and O–H groups in total. The minimum absolute atomic E-state index is 0.157. The van der Waals surface area contributed by atoms with Gasteiger partial charge in [0.25, 0.3) is 0 Å². The van der Waals surface area contributed by atoms with Crippen LogP contribution < -0.4 is 10.4 Å². The highest BCUT2D eigenvalue weighted by Crippen LogP contribution is 2.11. The Morgan fingerprint density at radius 2 is 2.50 bits per heavy atom. The molecule has 0 radical (unpaired) electrons. The molecular formula is C9H8O3. The average molecular weight is 164 g/mol. The molecule has 12 heavy (non-hydrogen) atoms. The van der Waals surface area contributed by atoms with Crippen molar-refractivity contribution in [1.29, 1.82) is 0 Å². The molecule has 0 aliphatic rings. The van der Waals surface area contributed by atoms with E-state index in [2.05, 4.69) is 10.3 Å². The summed E-state index contributed by atoms with van der Waals surface area (Å²) in [5.74, 6) is 2.78. The molecule has 0 unspecified atom stereocenters. The molecule has 1 rings (SSSR count). The molecule has 0 saturated heterocycles. The zero-order valence-electron chi connectivity index (χ0n) is 6.66. The molecule has 3 nitrogen and oxygen atoms in total. The summed E-state index contributed by atoms with van der Waals surface area (Å²) in [5.41, 5.74) is 0.0391. The Balaban J connectivity index is 2.94. The van der Waals surface area contributed by atoms with E-state index in [-0.39, 0.29) is 6.61 Å². The van der Waals surface area contributed by atoms with E-state index in [0.717, 1.165) is 0 Å². The molecule has 62 valence electrons. The van der Waals surface area contributed by atoms with Crippen LogP contribution in [0.2, 0.25) is 0 Å². The molecule has 0 fully saturated rings. The second-order valence-electron chi connectivity index (χ2n) is 2.19. The van der Waals surface area contributed by atoms with Crippen LogP contribution in [0.3, 0.4) is 0 Å². The lowest BCUT2D eigenvalue weighted by Crippen LogP contribution is -2.06. The second-order valence-corrected chi connectivity index (χ2v) is 2.19. The van der Waals surface area contributed by atoms with Crippen molar-refractivity contribution in [1.82, 2.24) is 0 Å².